The van der Waals surface area contributed by atoms with Gasteiger partial charge in [-0.15, -0.1) is 0 Å². The summed E-state index contributed by atoms with van der Waals surface area (Å²) in [6.07, 6.45) is 2.48. The molecule has 0 spiro atoms. The minimum Gasteiger partial charge on any atom is -0.350 e. The Balaban J connectivity index is 1.49. The van der Waals surface area contributed by atoms with Crippen LogP contribution >= 0.6 is 0 Å². The number of likely N-dealkylation sites (N-methyl/N-ethyl adjacent to an activating group) is 1. The summed E-state index contributed by atoms with van der Waals surface area (Å²) in [5, 5.41) is 4.81. The molecule has 1 aliphatic rings. The fourth-order valence-electron chi connectivity index (χ4n) is 3.74. The lowest BCUT2D eigenvalue weighted by Gasteiger charge is -2.20. The second kappa shape index (κ2) is 8.82. The molecule has 2 aromatic rings. The molecule has 3 rings (SSSR count). The van der Waals surface area contributed by atoms with E-state index >= 15 is 0 Å². The maximum Gasteiger partial charge on any atom is 0.240 e. The SMILES string of the molecule is CC[NH+]1CCC[C@H]1CNC(=O)CCNS(=O)(=O)c1ccc2ccccc2c1. The van der Waals surface area contributed by atoms with Crippen molar-refractivity contribution in [1.29, 1.82) is 0 Å². The summed E-state index contributed by atoms with van der Waals surface area (Å²) in [6.45, 7) is 5.17. The maximum atomic E-state index is 12.5. The molecule has 1 saturated heterocycles. The van der Waals surface area contributed by atoms with Crippen LogP contribution in [0.2, 0.25) is 0 Å². The third-order valence-electron chi connectivity index (χ3n) is 5.30. The molecule has 0 radical (unpaired) electrons. The zero-order valence-electron chi connectivity index (χ0n) is 15.7. The molecular formula is C20H28N3O3S+. The number of fused-ring (bicyclic) bond motifs is 1. The summed E-state index contributed by atoms with van der Waals surface area (Å²) in [5.74, 6) is -0.112. The highest BCUT2D eigenvalue weighted by atomic mass is 32.2. The highest BCUT2D eigenvalue weighted by Crippen LogP contribution is 2.18. The number of quaternary nitrogens is 1. The molecule has 0 bridgehead atoms. The lowest BCUT2D eigenvalue weighted by atomic mass is 10.1. The minimum atomic E-state index is -3.62. The smallest absolute Gasteiger partial charge is 0.240 e. The van der Waals surface area contributed by atoms with Crippen molar-refractivity contribution in [3.63, 3.8) is 0 Å². The van der Waals surface area contributed by atoms with E-state index in [0.717, 1.165) is 23.7 Å². The average Bonchev–Trinajstić information content (AvgIpc) is 3.13. The summed E-state index contributed by atoms with van der Waals surface area (Å²) >= 11 is 0. The Morgan fingerprint density at radius 3 is 2.74 bits per heavy atom. The number of carbonyl (C=O) groups is 1. The molecule has 0 aromatic heterocycles. The Labute approximate surface area is 161 Å². The fraction of sp³-hybridized carbons (Fsp3) is 0.450. The first-order valence-corrected chi connectivity index (χ1v) is 11.1. The Morgan fingerprint density at radius 1 is 1.19 bits per heavy atom. The zero-order valence-corrected chi connectivity index (χ0v) is 16.5. The largest absolute Gasteiger partial charge is 0.350 e. The molecular weight excluding hydrogens is 362 g/mol. The number of hydrogen-bond donors (Lipinski definition) is 3. The van der Waals surface area contributed by atoms with Gasteiger partial charge in [-0.25, -0.2) is 13.1 Å². The first kappa shape index (κ1) is 19.8. The van der Waals surface area contributed by atoms with E-state index in [-0.39, 0.29) is 23.8 Å². The highest BCUT2D eigenvalue weighted by Gasteiger charge is 2.27. The van der Waals surface area contributed by atoms with Crippen molar-refractivity contribution in [3.05, 3.63) is 42.5 Å². The lowest BCUT2D eigenvalue weighted by Crippen LogP contribution is -3.14. The third-order valence-corrected chi connectivity index (χ3v) is 6.76. The number of nitrogens with one attached hydrogen (secondary N) is 3. The summed E-state index contributed by atoms with van der Waals surface area (Å²) in [6, 6.07) is 13.1. The van der Waals surface area contributed by atoms with Gasteiger partial charge in [0.15, 0.2) is 0 Å². The predicted octanol–water partition coefficient (Wildman–Crippen LogP) is 0.692. The number of rotatable bonds is 8. The fourth-order valence-corrected chi connectivity index (χ4v) is 4.80. The Kier molecular flexibility index (Phi) is 6.46. The Hall–Kier alpha value is -1.96. The normalized spacial score (nSPS) is 20.0. The van der Waals surface area contributed by atoms with Crippen LogP contribution in [0.5, 0.6) is 0 Å². The van der Waals surface area contributed by atoms with Gasteiger partial charge in [-0.05, 0) is 29.8 Å². The molecule has 0 saturated carbocycles. The van der Waals surface area contributed by atoms with Crippen molar-refractivity contribution < 1.29 is 18.1 Å². The standard InChI is InChI=1S/C20H27N3O3S/c1-2-23-13-5-8-18(23)15-21-20(24)11-12-22-27(25,26)19-10-9-16-6-3-4-7-17(16)14-19/h3-4,6-7,9-10,14,18,22H,2,5,8,11-13,15H2,1H3,(H,21,24)/p+1/t18-/m0/s1. The minimum absolute atomic E-state index is 0.0933. The molecule has 1 amide bonds. The molecule has 1 aliphatic heterocycles. The van der Waals surface area contributed by atoms with Crippen LogP contribution in [0.25, 0.3) is 10.8 Å². The zero-order chi connectivity index (χ0) is 19.3. The number of amides is 1. The average molecular weight is 391 g/mol. The van der Waals surface area contributed by atoms with Crippen molar-refractivity contribution in [1.82, 2.24) is 10.0 Å². The van der Waals surface area contributed by atoms with Crippen molar-refractivity contribution in [2.75, 3.05) is 26.2 Å². The first-order chi connectivity index (χ1) is 13.0. The number of benzene rings is 2. The van der Waals surface area contributed by atoms with Gasteiger partial charge in [0.05, 0.1) is 24.5 Å². The molecule has 1 unspecified atom stereocenters. The maximum absolute atomic E-state index is 12.5. The van der Waals surface area contributed by atoms with Gasteiger partial charge in [-0.3, -0.25) is 4.79 Å². The van der Waals surface area contributed by atoms with Crippen LogP contribution in [0.15, 0.2) is 47.4 Å². The summed E-state index contributed by atoms with van der Waals surface area (Å²) < 4.78 is 27.4. The van der Waals surface area contributed by atoms with Crippen LogP contribution in [0.4, 0.5) is 0 Å². The summed E-state index contributed by atoms with van der Waals surface area (Å²) in [7, 11) is -3.62. The van der Waals surface area contributed by atoms with E-state index in [9.17, 15) is 13.2 Å². The molecule has 2 atom stereocenters. The Morgan fingerprint density at radius 2 is 1.96 bits per heavy atom. The van der Waals surface area contributed by atoms with Crippen LogP contribution in [-0.4, -0.2) is 46.5 Å². The van der Waals surface area contributed by atoms with Crippen LogP contribution in [0.3, 0.4) is 0 Å². The summed E-state index contributed by atoms with van der Waals surface area (Å²) in [4.78, 5) is 13.8. The topological polar surface area (TPSA) is 79.7 Å². The molecule has 2 aromatic carbocycles. The number of likely N-dealkylation sites (tertiary alicyclic amines) is 1. The van der Waals surface area contributed by atoms with Crippen LogP contribution in [-0.2, 0) is 14.8 Å². The highest BCUT2D eigenvalue weighted by molar-refractivity contribution is 7.89. The Bertz CT molecular complexity index is 898. The number of carbonyl (C=O) groups excluding carboxylic acids is 1. The predicted molar refractivity (Wildman–Crippen MR) is 106 cm³/mol. The molecule has 6 nitrogen and oxygen atoms in total. The van der Waals surface area contributed by atoms with E-state index in [4.69, 9.17) is 0 Å². The second-order valence-electron chi connectivity index (χ2n) is 7.06. The third kappa shape index (κ3) is 5.06. The van der Waals surface area contributed by atoms with E-state index in [1.165, 1.54) is 17.9 Å². The van der Waals surface area contributed by atoms with E-state index in [0.29, 0.717) is 12.6 Å². The van der Waals surface area contributed by atoms with Gasteiger partial charge in [-0.2, -0.15) is 0 Å². The van der Waals surface area contributed by atoms with Gasteiger partial charge in [-0.1, -0.05) is 30.3 Å². The van der Waals surface area contributed by atoms with Crippen molar-refractivity contribution in [3.8, 4) is 0 Å². The van der Waals surface area contributed by atoms with Crippen LogP contribution in [0, 0.1) is 0 Å². The van der Waals surface area contributed by atoms with Gasteiger partial charge < -0.3 is 10.2 Å². The molecule has 7 heteroatoms. The quantitative estimate of drug-likeness (QED) is 0.621. The first-order valence-electron chi connectivity index (χ1n) is 9.59. The molecule has 1 heterocycles. The van der Waals surface area contributed by atoms with E-state index in [1.54, 1.807) is 18.2 Å². The number of sulfonamides is 1. The van der Waals surface area contributed by atoms with Gasteiger partial charge in [0.25, 0.3) is 0 Å². The number of hydrogen-bond acceptors (Lipinski definition) is 3. The second-order valence-corrected chi connectivity index (χ2v) is 8.83. The molecule has 27 heavy (non-hydrogen) atoms. The summed E-state index contributed by atoms with van der Waals surface area (Å²) in [5.41, 5.74) is 0. The van der Waals surface area contributed by atoms with Crippen LogP contribution in [0.1, 0.15) is 26.2 Å². The monoisotopic (exact) mass is 390 g/mol. The van der Waals surface area contributed by atoms with E-state index in [1.807, 2.05) is 24.3 Å². The molecule has 3 N–H and O–H groups in total. The molecule has 1 fully saturated rings. The van der Waals surface area contributed by atoms with Crippen LogP contribution < -0.4 is 14.9 Å². The van der Waals surface area contributed by atoms with Crippen molar-refractivity contribution >= 4 is 26.7 Å². The van der Waals surface area contributed by atoms with E-state index in [2.05, 4.69) is 17.0 Å². The molecule has 0 aliphatic carbocycles. The van der Waals surface area contributed by atoms with Gasteiger partial charge in [0, 0.05) is 25.8 Å². The van der Waals surface area contributed by atoms with Gasteiger partial charge in [0.1, 0.15) is 6.04 Å². The van der Waals surface area contributed by atoms with Crippen molar-refractivity contribution in [2.45, 2.75) is 37.1 Å². The van der Waals surface area contributed by atoms with Crippen molar-refractivity contribution in [2.24, 2.45) is 0 Å². The molecule has 146 valence electrons. The van der Waals surface area contributed by atoms with Gasteiger partial charge >= 0.3 is 0 Å². The van der Waals surface area contributed by atoms with Gasteiger partial charge in [0.2, 0.25) is 15.9 Å². The van der Waals surface area contributed by atoms with E-state index < -0.39 is 10.0 Å². The lowest BCUT2D eigenvalue weighted by molar-refractivity contribution is -0.909.